The van der Waals surface area contributed by atoms with Crippen LogP contribution in [0.3, 0.4) is 0 Å². The van der Waals surface area contributed by atoms with E-state index >= 15 is 0 Å². The van der Waals surface area contributed by atoms with Gasteiger partial charge in [-0.15, -0.1) is 0 Å². The Morgan fingerprint density at radius 3 is 2.52 bits per heavy atom. The van der Waals surface area contributed by atoms with Crippen molar-refractivity contribution in [2.45, 2.75) is 51.9 Å². The number of nitrogens with one attached hydrogen (secondary N) is 2. The van der Waals surface area contributed by atoms with Gasteiger partial charge in [0, 0.05) is 19.2 Å². The molecule has 0 amide bonds. The number of hydrogen-bond acceptors (Lipinski definition) is 7. The van der Waals surface area contributed by atoms with Crippen molar-refractivity contribution in [3.63, 3.8) is 0 Å². The smallest absolute Gasteiger partial charge is 0.287 e. The fourth-order valence-electron chi connectivity index (χ4n) is 2.78. The molecule has 8 heteroatoms. The van der Waals surface area contributed by atoms with Crippen molar-refractivity contribution in [2.75, 3.05) is 18.4 Å². The fourth-order valence-corrected chi connectivity index (χ4v) is 2.78. The van der Waals surface area contributed by atoms with E-state index in [-0.39, 0.29) is 11.1 Å². The predicted octanol–water partition coefficient (Wildman–Crippen LogP) is 3.46. The number of rotatable bonds is 10. The van der Waals surface area contributed by atoms with Gasteiger partial charge in [0.05, 0.1) is 4.92 Å². The molecule has 29 heavy (non-hydrogen) atoms. The monoisotopic (exact) mass is 402 g/mol. The Labute approximate surface area is 171 Å². The molecule has 1 aromatic carbocycles. The van der Waals surface area contributed by atoms with Crippen molar-refractivity contribution >= 4 is 11.5 Å². The van der Waals surface area contributed by atoms with E-state index in [0.29, 0.717) is 18.9 Å². The number of aliphatic hydroxyl groups excluding tert-OH is 1. The molecule has 0 bridgehead atoms. The summed E-state index contributed by atoms with van der Waals surface area (Å²) >= 11 is 0. The van der Waals surface area contributed by atoms with E-state index in [4.69, 9.17) is 4.74 Å². The summed E-state index contributed by atoms with van der Waals surface area (Å²) in [5, 5.41) is 27.1. The van der Waals surface area contributed by atoms with Crippen molar-refractivity contribution in [1.82, 2.24) is 10.3 Å². The molecule has 0 saturated heterocycles. The first-order valence-corrected chi connectivity index (χ1v) is 9.70. The van der Waals surface area contributed by atoms with Gasteiger partial charge in [0.15, 0.2) is 6.23 Å². The number of ether oxygens (including phenoxy) is 1. The number of nitro groups is 1. The summed E-state index contributed by atoms with van der Waals surface area (Å²) in [5.74, 6) is 1.34. The molecule has 1 aromatic heterocycles. The van der Waals surface area contributed by atoms with Crippen molar-refractivity contribution in [2.24, 2.45) is 0 Å². The van der Waals surface area contributed by atoms with Crippen LogP contribution in [0.15, 0.2) is 42.6 Å². The van der Waals surface area contributed by atoms with Gasteiger partial charge >= 0.3 is 0 Å². The quantitative estimate of drug-likeness (QED) is 0.242. The maximum Gasteiger partial charge on any atom is 0.287 e. The van der Waals surface area contributed by atoms with Crippen LogP contribution in [0.1, 0.15) is 39.7 Å². The molecular weight excluding hydrogens is 372 g/mol. The molecule has 0 saturated carbocycles. The average Bonchev–Trinajstić information content (AvgIpc) is 2.66. The minimum absolute atomic E-state index is 0.0373. The van der Waals surface area contributed by atoms with E-state index in [1.807, 2.05) is 24.3 Å². The van der Waals surface area contributed by atoms with Gasteiger partial charge in [0.1, 0.15) is 23.9 Å². The molecule has 0 fully saturated rings. The molecule has 2 rings (SSSR count). The molecule has 0 aliphatic heterocycles. The third kappa shape index (κ3) is 6.99. The van der Waals surface area contributed by atoms with Crippen molar-refractivity contribution in [1.29, 1.82) is 0 Å². The van der Waals surface area contributed by atoms with Crippen LogP contribution in [0.4, 0.5) is 11.5 Å². The Morgan fingerprint density at radius 1 is 1.21 bits per heavy atom. The molecule has 2 unspecified atom stereocenters. The highest BCUT2D eigenvalue weighted by Gasteiger charge is 2.22. The number of anilines is 1. The fraction of sp³-hybridized carbons (Fsp3) is 0.476. The molecule has 2 aromatic rings. The zero-order valence-electron chi connectivity index (χ0n) is 17.4. The van der Waals surface area contributed by atoms with E-state index in [0.717, 1.165) is 17.7 Å². The van der Waals surface area contributed by atoms with E-state index in [1.165, 1.54) is 12.3 Å². The zero-order valence-corrected chi connectivity index (χ0v) is 17.4. The second-order valence-corrected chi connectivity index (χ2v) is 7.92. The van der Waals surface area contributed by atoms with Crippen LogP contribution in [0.25, 0.3) is 0 Å². The van der Waals surface area contributed by atoms with Crippen LogP contribution >= 0.6 is 0 Å². The van der Waals surface area contributed by atoms with Crippen LogP contribution in [0, 0.1) is 10.1 Å². The van der Waals surface area contributed by atoms with Crippen LogP contribution in [0.2, 0.25) is 0 Å². The SMILES string of the molecule is CC(O)C(NCCCNc1ccc([N+](=O)[O-])cn1)Oc1ccccc1C(C)(C)C. The molecule has 158 valence electrons. The normalized spacial score (nSPS) is 13.6. The van der Waals surface area contributed by atoms with Crippen molar-refractivity contribution in [3.8, 4) is 5.75 Å². The lowest BCUT2D eigenvalue weighted by Gasteiger charge is -2.28. The minimum Gasteiger partial charge on any atom is -0.472 e. The molecule has 3 N–H and O–H groups in total. The van der Waals surface area contributed by atoms with Crippen LogP contribution in [-0.4, -0.2) is 40.4 Å². The lowest BCUT2D eigenvalue weighted by molar-refractivity contribution is -0.385. The maximum absolute atomic E-state index is 10.6. The number of nitrogens with zero attached hydrogens (tertiary/aromatic N) is 2. The van der Waals surface area contributed by atoms with Crippen LogP contribution in [0.5, 0.6) is 5.75 Å². The summed E-state index contributed by atoms with van der Waals surface area (Å²) in [6, 6.07) is 10.9. The summed E-state index contributed by atoms with van der Waals surface area (Å²) in [4.78, 5) is 14.2. The molecule has 2 atom stereocenters. The highest BCUT2D eigenvalue weighted by molar-refractivity contribution is 5.40. The second kappa shape index (κ2) is 10.2. The first kappa shape index (κ1) is 22.6. The summed E-state index contributed by atoms with van der Waals surface area (Å²) in [7, 11) is 0. The average molecular weight is 402 g/mol. The number of para-hydroxylation sites is 1. The highest BCUT2D eigenvalue weighted by atomic mass is 16.6. The van der Waals surface area contributed by atoms with Crippen LogP contribution < -0.4 is 15.4 Å². The van der Waals surface area contributed by atoms with Gasteiger partial charge in [0.2, 0.25) is 0 Å². The number of hydrogen-bond donors (Lipinski definition) is 3. The number of benzene rings is 1. The van der Waals surface area contributed by atoms with Crippen molar-refractivity contribution < 1.29 is 14.8 Å². The van der Waals surface area contributed by atoms with Crippen molar-refractivity contribution in [3.05, 3.63) is 58.3 Å². The van der Waals surface area contributed by atoms with Gasteiger partial charge in [-0.05, 0) is 36.5 Å². The molecule has 1 heterocycles. The Kier molecular flexibility index (Phi) is 7.92. The highest BCUT2D eigenvalue weighted by Crippen LogP contribution is 2.31. The van der Waals surface area contributed by atoms with E-state index in [9.17, 15) is 15.2 Å². The molecule has 0 spiro atoms. The van der Waals surface area contributed by atoms with E-state index in [2.05, 4.69) is 36.4 Å². The van der Waals surface area contributed by atoms with Gasteiger partial charge in [-0.25, -0.2) is 4.98 Å². The Balaban J connectivity index is 1.84. The van der Waals surface area contributed by atoms with Gasteiger partial charge in [-0.1, -0.05) is 39.0 Å². The Bertz CT molecular complexity index is 788. The van der Waals surface area contributed by atoms with E-state index < -0.39 is 17.3 Å². The second-order valence-electron chi connectivity index (χ2n) is 7.92. The lowest BCUT2D eigenvalue weighted by atomic mass is 9.86. The first-order chi connectivity index (χ1) is 13.7. The summed E-state index contributed by atoms with van der Waals surface area (Å²) < 4.78 is 6.08. The van der Waals surface area contributed by atoms with Gasteiger partial charge in [0.25, 0.3) is 5.69 Å². The molecule has 8 nitrogen and oxygen atoms in total. The topological polar surface area (TPSA) is 110 Å². The van der Waals surface area contributed by atoms with Crippen LogP contribution in [-0.2, 0) is 5.41 Å². The summed E-state index contributed by atoms with van der Waals surface area (Å²) in [6.07, 6.45) is 0.764. The zero-order chi connectivity index (χ0) is 21.4. The largest absolute Gasteiger partial charge is 0.472 e. The van der Waals surface area contributed by atoms with Gasteiger partial charge in [-0.3, -0.25) is 15.4 Å². The lowest BCUT2D eigenvalue weighted by Crippen LogP contribution is -2.44. The first-order valence-electron chi connectivity index (χ1n) is 9.70. The molecular formula is C21H30N4O4. The molecule has 0 aliphatic rings. The maximum atomic E-state index is 10.6. The molecule has 0 radical (unpaired) electrons. The van der Waals surface area contributed by atoms with E-state index in [1.54, 1.807) is 13.0 Å². The third-order valence-corrected chi connectivity index (χ3v) is 4.35. The number of pyridine rings is 1. The third-order valence-electron chi connectivity index (χ3n) is 4.35. The number of aliphatic hydroxyl groups is 1. The summed E-state index contributed by atoms with van der Waals surface area (Å²) in [5.41, 5.74) is 0.977. The van der Waals surface area contributed by atoms with Gasteiger partial charge in [-0.2, -0.15) is 0 Å². The summed E-state index contributed by atoms with van der Waals surface area (Å²) in [6.45, 7) is 9.31. The van der Waals surface area contributed by atoms with Gasteiger partial charge < -0.3 is 15.2 Å². The number of aromatic nitrogens is 1. The Hall–Kier alpha value is -2.71. The predicted molar refractivity (Wildman–Crippen MR) is 113 cm³/mol. The molecule has 0 aliphatic carbocycles. The standard InChI is InChI=1S/C21H30N4O4/c1-15(26)20(29-18-9-6-5-8-17(18)21(2,3)4)23-13-7-12-22-19-11-10-16(14-24-19)25(27)28/h5-6,8-11,14-15,20,23,26H,7,12-13H2,1-4H3,(H,22,24). The minimum atomic E-state index is -0.688. The Morgan fingerprint density at radius 2 is 1.93 bits per heavy atom.